The molecule has 212 valence electrons. The third-order valence-corrected chi connectivity index (χ3v) is 9.66. The maximum atomic E-state index is 14.1. The number of aryl methyl sites for hydroxylation is 1. The van der Waals surface area contributed by atoms with Crippen LogP contribution >= 0.6 is 23.2 Å². The van der Waals surface area contributed by atoms with E-state index in [1.54, 1.807) is 61.5 Å². The van der Waals surface area contributed by atoms with Crippen LogP contribution in [0, 0.1) is 6.92 Å². The number of amides is 2. The lowest BCUT2D eigenvalue weighted by Crippen LogP contribution is -2.52. The number of halogens is 2. The molecule has 0 aliphatic heterocycles. The van der Waals surface area contributed by atoms with Crippen LogP contribution in [0.5, 0.6) is 0 Å². The predicted molar refractivity (Wildman–Crippen MR) is 159 cm³/mol. The van der Waals surface area contributed by atoms with Gasteiger partial charge in [-0.3, -0.25) is 13.9 Å². The Morgan fingerprint density at radius 1 is 0.950 bits per heavy atom. The van der Waals surface area contributed by atoms with E-state index in [1.165, 1.54) is 17.0 Å². The van der Waals surface area contributed by atoms with E-state index >= 15 is 0 Å². The minimum atomic E-state index is -4.12. The van der Waals surface area contributed by atoms with Gasteiger partial charge in [-0.25, -0.2) is 8.42 Å². The zero-order chi connectivity index (χ0) is 28.9. The molecule has 0 radical (unpaired) electrons. The summed E-state index contributed by atoms with van der Waals surface area (Å²) in [5, 5.41) is 3.74. The van der Waals surface area contributed by atoms with E-state index in [0.717, 1.165) is 35.6 Å². The van der Waals surface area contributed by atoms with Gasteiger partial charge in [0, 0.05) is 28.2 Å². The number of nitrogens with one attached hydrogen (secondary N) is 1. The molecule has 2 amide bonds. The monoisotopic (exact) mass is 601 g/mol. The molecule has 1 fully saturated rings. The van der Waals surface area contributed by atoms with Gasteiger partial charge in [0.2, 0.25) is 11.8 Å². The van der Waals surface area contributed by atoms with Crippen molar-refractivity contribution in [3.05, 3.63) is 94.0 Å². The quantitative estimate of drug-likeness (QED) is 0.310. The third-order valence-electron chi connectivity index (χ3n) is 7.16. The van der Waals surface area contributed by atoms with E-state index in [0.29, 0.717) is 21.3 Å². The number of hydrogen-bond acceptors (Lipinski definition) is 4. The molecule has 7 nitrogen and oxygen atoms in total. The molecule has 0 aromatic heterocycles. The summed E-state index contributed by atoms with van der Waals surface area (Å²) < 4.78 is 28.8. The minimum absolute atomic E-state index is 0.0528. The Balaban J connectivity index is 1.71. The standard InChI is InChI=1S/C30H33Cl2N3O4S/c1-21-10-8-13-24(18-21)35(40(38,39)25-14-4-3-5-15-25)20-29(36)34(19-26-27(31)16-9-17-28(26)32)22(2)30(37)33-23-11-6-7-12-23/h3-5,8-10,13-18,22-23H,6-7,11-12,19-20H2,1-2H3,(H,33,37)/t22-/m1/s1. The smallest absolute Gasteiger partial charge is 0.264 e. The van der Waals surface area contributed by atoms with Crippen molar-refractivity contribution in [1.82, 2.24) is 10.2 Å². The van der Waals surface area contributed by atoms with Gasteiger partial charge in [0.1, 0.15) is 12.6 Å². The van der Waals surface area contributed by atoms with E-state index in [-0.39, 0.29) is 23.4 Å². The fourth-order valence-corrected chi connectivity index (χ4v) is 6.80. The van der Waals surface area contributed by atoms with Crippen LogP contribution in [0.3, 0.4) is 0 Å². The summed E-state index contributed by atoms with van der Waals surface area (Å²) in [6, 6.07) is 19.1. The number of rotatable bonds is 10. The van der Waals surface area contributed by atoms with Crippen LogP contribution in [0.4, 0.5) is 5.69 Å². The van der Waals surface area contributed by atoms with Crippen molar-refractivity contribution >= 4 is 50.7 Å². The molecule has 0 bridgehead atoms. The molecule has 1 atom stereocenters. The lowest BCUT2D eigenvalue weighted by Gasteiger charge is -2.33. The normalized spacial score (nSPS) is 14.5. The third kappa shape index (κ3) is 6.97. The lowest BCUT2D eigenvalue weighted by atomic mass is 10.1. The Morgan fingerprint density at radius 3 is 2.20 bits per heavy atom. The first-order valence-corrected chi connectivity index (χ1v) is 15.4. The summed E-state index contributed by atoms with van der Waals surface area (Å²) in [7, 11) is -4.12. The van der Waals surface area contributed by atoms with Gasteiger partial charge in [-0.1, -0.05) is 72.4 Å². The maximum Gasteiger partial charge on any atom is 0.264 e. The summed E-state index contributed by atoms with van der Waals surface area (Å²) in [6.07, 6.45) is 3.86. The fraction of sp³-hybridized carbons (Fsp3) is 0.333. The van der Waals surface area contributed by atoms with Crippen LogP contribution in [0.15, 0.2) is 77.7 Å². The number of anilines is 1. The maximum absolute atomic E-state index is 14.1. The molecule has 1 aliphatic rings. The van der Waals surface area contributed by atoms with Crippen molar-refractivity contribution in [3.8, 4) is 0 Å². The molecule has 40 heavy (non-hydrogen) atoms. The highest BCUT2D eigenvalue weighted by atomic mass is 35.5. The van der Waals surface area contributed by atoms with Gasteiger partial charge in [0.25, 0.3) is 10.0 Å². The Morgan fingerprint density at radius 2 is 1.57 bits per heavy atom. The Labute approximate surface area is 246 Å². The van der Waals surface area contributed by atoms with Crippen molar-refractivity contribution in [1.29, 1.82) is 0 Å². The van der Waals surface area contributed by atoms with Crippen molar-refractivity contribution in [2.24, 2.45) is 0 Å². The highest BCUT2D eigenvalue weighted by Gasteiger charge is 2.34. The molecule has 0 unspecified atom stereocenters. The minimum Gasteiger partial charge on any atom is -0.352 e. The average molecular weight is 603 g/mol. The highest BCUT2D eigenvalue weighted by molar-refractivity contribution is 7.92. The molecule has 3 aromatic carbocycles. The first-order valence-electron chi connectivity index (χ1n) is 13.2. The van der Waals surface area contributed by atoms with Gasteiger partial charge in [0.15, 0.2) is 0 Å². The first kappa shape index (κ1) is 29.9. The summed E-state index contributed by atoms with van der Waals surface area (Å²) >= 11 is 12.9. The second-order valence-electron chi connectivity index (χ2n) is 10.1. The zero-order valence-electron chi connectivity index (χ0n) is 22.5. The molecular weight excluding hydrogens is 569 g/mol. The molecule has 1 N–H and O–H groups in total. The number of benzene rings is 3. The topological polar surface area (TPSA) is 86.8 Å². The molecule has 10 heteroatoms. The van der Waals surface area contributed by atoms with Gasteiger partial charge in [-0.2, -0.15) is 0 Å². The molecule has 1 saturated carbocycles. The number of sulfonamides is 1. The summed E-state index contributed by atoms with van der Waals surface area (Å²) in [4.78, 5) is 28.8. The molecule has 0 spiro atoms. The van der Waals surface area contributed by atoms with Gasteiger partial charge in [-0.15, -0.1) is 0 Å². The predicted octanol–water partition coefficient (Wildman–Crippen LogP) is 5.97. The number of carbonyl (C=O) groups is 2. The van der Waals surface area contributed by atoms with Crippen LogP contribution in [0.1, 0.15) is 43.7 Å². The van der Waals surface area contributed by atoms with Crippen molar-refractivity contribution < 1.29 is 18.0 Å². The molecule has 1 aliphatic carbocycles. The summed E-state index contributed by atoms with van der Waals surface area (Å²) in [5.41, 5.74) is 1.66. The van der Waals surface area contributed by atoms with E-state index in [4.69, 9.17) is 23.2 Å². The van der Waals surface area contributed by atoms with Gasteiger partial charge < -0.3 is 10.2 Å². The van der Waals surface area contributed by atoms with Crippen molar-refractivity contribution in [3.63, 3.8) is 0 Å². The number of hydrogen-bond donors (Lipinski definition) is 1. The van der Waals surface area contributed by atoms with Crippen LogP contribution in [-0.2, 0) is 26.2 Å². The SMILES string of the molecule is Cc1cccc(N(CC(=O)N(Cc2c(Cl)cccc2Cl)[C@H](C)C(=O)NC2CCCC2)S(=O)(=O)c2ccccc2)c1. The van der Waals surface area contributed by atoms with E-state index in [1.807, 2.05) is 13.0 Å². The van der Waals surface area contributed by atoms with Crippen LogP contribution < -0.4 is 9.62 Å². The average Bonchev–Trinajstić information content (AvgIpc) is 3.44. The number of carbonyl (C=O) groups excluding carboxylic acids is 2. The van der Waals surface area contributed by atoms with Crippen LogP contribution in [-0.4, -0.2) is 43.8 Å². The van der Waals surface area contributed by atoms with Gasteiger partial charge >= 0.3 is 0 Å². The van der Waals surface area contributed by atoms with Gasteiger partial charge in [0.05, 0.1) is 10.6 Å². The lowest BCUT2D eigenvalue weighted by molar-refractivity contribution is -0.139. The van der Waals surface area contributed by atoms with Crippen molar-refractivity contribution in [2.45, 2.75) is 63.1 Å². The van der Waals surface area contributed by atoms with E-state index < -0.39 is 28.5 Å². The number of nitrogens with zero attached hydrogens (tertiary/aromatic N) is 2. The molecular formula is C30H33Cl2N3O4S. The molecule has 0 heterocycles. The largest absolute Gasteiger partial charge is 0.352 e. The first-order chi connectivity index (χ1) is 19.1. The van der Waals surface area contributed by atoms with Crippen LogP contribution in [0.25, 0.3) is 0 Å². The fourth-order valence-electron chi connectivity index (χ4n) is 4.86. The highest BCUT2D eigenvalue weighted by Crippen LogP contribution is 2.29. The summed E-state index contributed by atoms with van der Waals surface area (Å²) in [6.45, 7) is 2.89. The van der Waals surface area contributed by atoms with E-state index in [2.05, 4.69) is 5.32 Å². The Kier molecular flexibility index (Phi) is 9.77. The molecule has 0 saturated heterocycles. The Bertz CT molecular complexity index is 1440. The molecule has 3 aromatic rings. The zero-order valence-corrected chi connectivity index (χ0v) is 24.8. The van der Waals surface area contributed by atoms with Crippen LogP contribution in [0.2, 0.25) is 10.0 Å². The van der Waals surface area contributed by atoms with Gasteiger partial charge in [-0.05, 0) is 68.7 Å². The second kappa shape index (κ2) is 13.1. The second-order valence-corrected chi connectivity index (χ2v) is 12.7. The summed E-state index contributed by atoms with van der Waals surface area (Å²) in [5.74, 6) is -0.873. The van der Waals surface area contributed by atoms with E-state index in [9.17, 15) is 18.0 Å². The van der Waals surface area contributed by atoms with Crippen molar-refractivity contribution in [2.75, 3.05) is 10.8 Å². The Hall–Kier alpha value is -3.07. The molecule has 4 rings (SSSR count).